The van der Waals surface area contributed by atoms with Gasteiger partial charge in [-0.15, -0.1) is 0 Å². The molecule has 0 bridgehead atoms. The van der Waals surface area contributed by atoms with Crippen LogP contribution in [0.3, 0.4) is 0 Å². The van der Waals surface area contributed by atoms with Crippen LogP contribution in [-0.4, -0.2) is 36.2 Å². The lowest BCUT2D eigenvalue weighted by Crippen LogP contribution is -2.26. The number of carbonyl (C=O) groups excluding carboxylic acids is 1. The van der Waals surface area contributed by atoms with Crippen molar-refractivity contribution >= 4 is 40.2 Å². The zero-order chi connectivity index (χ0) is 19.5. The Morgan fingerprint density at radius 1 is 0.964 bits per heavy atom. The smallest absolute Gasteiger partial charge is 0.255 e. The van der Waals surface area contributed by atoms with Crippen LogP contribution in [0.15, 0.2) is 65.7 Å². The third-order valence-corrected chi connectivity index (χ3v) is 4.52. The fourth-order valence-corrected chi connectivity index (χ4v) is 3.02. The number of nitrogens with one attached hydrogen (secondary N) is 3. The van der Waals surface area contributed by atoms with Gasteiger partial charge in [0, 0.05) is 16.8 Å². The topological polar surface area (TPSA) is 107 Å². The molecule has 0 atom stereocenters. The van der Waals surface area contributed by atoms with Gasteiger partial charge in [-0.3, -0.25) is 25.6 Å². The van der Waals surface area contributed by atoms with Crippen molar-refractivity contribution in [2.24, 2.45) is 10.7 Å². The number of amides is 1. The molecule has 0 aromatic heterocycles. The van der Waals surface area contributed by atoms with Crippen LogP contribution in [0.5, 0.6) is 0 Å². The lowest BCUT2D eigenvalue weighted by Gasteiger charge is -2.16. The van der Waals surface area contributed by atoms with Crippen molar-refractivity contribution in [1.82, 2.24) is 5.01 Å². The molecule has 0 fully saturated rings. The first-order chi connectivity index (χ1) is 13.6. The molecule has 0 radical (unpaired) electrons. The fraction of sp³-hybridized carbons (Fsp3) is 0.0952. The number of nitrogens with zero attached hydrogens (tertiary/aromatic N) is 2. The van der Waals surface area contributed by atoms with Crippen LogP contribution in [0.1, 0.15) is 15.9 Å². The molecule has 1 amide bonds. The van der Waals surface area contributed by atoms with Gasteiger partial charge in [0.25, 0.3) is 5.91 Å². The van der Waals surface area contributed by atoms with Crippen molar-refractivity contribution in [2.75, 3.05) is 23.8 Å². The summed E-state index contributed by atoms with van der Waals surface area (Å²) >= 11 is 0. The van der Waals surface area contributed by atoms with Crippen LogP contribution in [0.25, 0.3) is 10.8 Å². The quantitative estimate of drug-likeness (QED) is 0.408. The molecule has 0 aliphatic carbocycles. The summed E-state index contributed by atoms with van der Waals surface area (Å²) in [5, 5.41) is 14.3. The fourth-order valence-electron chi connectivity index (χ4n) is 3.02. The van der Waals surface area contributed by atoms with Gasteiger partial charge in [-0.25, -0.2) is 0 Å². The summed E-state index contributed by atoms with van der Waals surface area (Å²) in [6.07, 6.45) is 1.76. The number of amidine groups is 1. The van der Waals surface area contributed by atoms with Crippen molar-refractivity contribution in [3.63, 3.8) is 0 Å². The Hall–Kier alpha value is -3.87. The van der Waals surface area contributed by atoms with Crippen LogP contribution < -0.4 is 16.5 Å². The molecule has 0 spiro atoms. The number of nitrogens with two attached hydrogens (primary N) is 1. The minimum atomic E-state index is -0.172. The summed E-state index contributed by atoms with van der Waals surface area (Å²) in [6.45, 7) is 1.62. The number of benzene rings is 3. The third-order valence-electron chi connectivity index (χ3n) is 4.52. The number of hydrogen-bond acceptors (Lipinski definition) is 5. The summed E-state index contributed by atoms with van der Waals surface area (Å²) in [5.41, 5.74) is 11.6. The highest BCUT2D eigenvalue weighted by Gasteiger charge is 2.09. The van der Waals surface area contributed by atoms with Gasteiger partial charge in [0.1, 0.15) is 12.2 Å². The Bertz CT molecular complexity index is 1070. The van der Waals surface area contributed by atoms with Gasteiger partial charge >= 0.3 is 0 Å². The van der Waals surface area contributed by atoms with E-state index in [2.05, 4.69) is 15.7 Å². The first-order valence-electron chi connectivity index (χ1n) is 8.91. The second-order valence-electron chi connectivity index (χ2n) is 6.55. The Balaban J connectivity index is 1.45. The number of rotatable bonds is 5. The Labute approximate surface area is 162 Å². The van der Waals surface area contributed by atoms with Crippen LogP contribution in [0, 0.1) is 5.41 Å². The van der Waals surface area contributed by atoms with E-state index >= 15 is 0 Å². The SMILES string of the molecule is N=C(N)c1ccc2cc(NC(=O)c3ccc(NN4C=NCC4)cc3)ccc2c1. The summed E-state index contributed by atoms with van der Waals surface area (Å²) in [4.78, 5) is 16.7. The maximum Gasteiger partial charge on any atom is 0.255 e. The minimum absolute atomic E-state index is 0.0363. The van der Waals surface area contributed by atoms with Gasteiger partial charge in [0.05, 0.1) is 18.8 Å². The maximum atomic E-state index is 12.5. The molecule has 1 heterocycles. The average molecular weight is 372 g/mol. The van der Waals surface area contributed by atoms with Gasteiger partial charge in [-0.05, 0) is 53.2 Å². The van der Waals surface area contributed by atoms with E-state index in [4.69, 9.17) is 11.1 Å². The highest BCUT2D eigenvalue weighted by molar-refractivity contribution is 6.06. The average Bonchev–Trinajstić information content (AvgIpc) is 3.21. The molecule has 7 nitrogen and oxygen atoms in total. The molecule has 7 heteroatoms. The zero-order valence-electron chi connectivity index (χ0n) is 15.1. The monoisotopic (exact) mass is 372 g/mol. The number of hydrazine groups is 1. The number of fused-ring (bicyclic) bond motifs is 1. The van der Waals surface area contributed by atoms with Gasteiger partial charge in [-0.2, -0.15) is 0 Å². The summed E-state index contributed by atoms with van der Waals surface area (Å²) in [7, 11) is 0. The van der Waals surface area contributed by atoms with E-state index in [0.717, 1.165) is 29.5 Å². The summed E-state index contributed by atoms with van der Waals surface area (Å²) in [6, 6.07) is 18.5. The Kier molecular flexibility index (Phi) is 4.63. The van der Waals surface area contributed by atoms with Gasteiger partial charge in [-0.1, -0.05) is 18.2 Å². The Morgan fingerprint density at radius 2 is 1.64 bits per heavy atom. The Morgan fingerprint density at radius 3 is 2.36 bits per heavy atom. The molecule has 0 unspecified atom stereocenters. The molecule has 140 valence electrons. The van der Waals surface area contributed by atoms with Crippen molar-refractivity contribution in [2.45, 2.75) is 0 Å². The molecular formula is C21H20N6O. The van der Waals surface area contributed by atoms with Crippen LogP contribution in [-0.2, 0) is 0 Å². The molecule has 4 rings (SSSR count). The second-order valence-corrected chi connectivity index (χ2v) is 6.55. The number of anilines is 2. The van der Waals surface area contributed by atoms with E-state index in [9.17, 15) is 4.79 Å². The zero-order valence-corrected chi connectivity index (χ0v) is 15.1. The number of hydrogen-bond donors (Lipinski definition) is 4. The molecule has 3 aromatic carbocycles. The van der Waals surface area contributed by atoms with Crippen LogP contribution in [0.2, 0.25) is 0 Å². The first kappa shape index (κ1) is 17.5. The predicted molar refractivity (Wildman–Crippen MR) is 113 cm³/mol. The summed E-state index contributed by atoms with van der Waals surface area (Å²) in [5.74, 6) is -0.136. The first-order valence-corrected chi connectivity index (χ1v) is 8.91. The standard InChI is InChI=1S/C21H20N6O/c22-20(23)17-2-1-16-12-19(8-5-15(16)11-17)25-21(28)14-3-6-18(7-4-14)26-27-10-9-24-13-27/h1-8,11-13,26H,9-10H2,(H3,22,23)(H,25,28). The number of nitrogen functional groups attached to an aromatic ring is 1. The van der Waals surface area contributed by atoms with E-state index in [1.807, 2.05) is 47.5 Å². The molecule has 1 aliphatic heterocycles. The largest absolute Gasteiger partial charge is 0.384 e. The predicted octanol–water partition coefficient (Wildman–Crippen LogP) is 3.05. The molecular weight excluding hydrogens is 352 g/mol. The van der Waals surface area contributed by atoms with Gasteiger partial charge in [0.15, 0.2) is 0 Å². The highest BCUT2D eigenvalue weighted by Crippen LogP contribution is 2.21. The van der Waals surface area contributed by atoms with Crippen molar-refractivity contribution in [3.8, 4) is 0 Å². The molecule has 0 saturated carbocycles. The lowest BCUT2D eigenvalue weighted by molar-refractivity contribution is 0.102. The van der Waals surface area contributed by atoms with Crippen molar-refractivity contribution < 1.29 is 4.79 Å². The highest BCUT2D eigenvalue weighted by atomic mass is 16.1. The van der Waals surface area contributed by atoms with E-state index in [0.29, 0.717) is 16.8 Å². The maximum absolute atomic E-state index is 12.5. The lowest BCUT2D eigenvalue weighted by atomic mass is 10.1. The number of aliphatic imine (C=N–C) groups is 1. The van der Waals surface area contributed by atoms with Gasteiger partial charge in [0.2, 0.25) is 0 Å². The number of carbonyl (C=O) groups is 1. The van der Waals surface area contributed by atoms with Crippen molar-refractivity contribution in [3.05, 3.63) is 71.8 Å². The van der Waals surface area contributed by atoms with E-state index in [1.165, 1.54) is 0 Å². The molecule has 3 aromatic rings. The molecule has 0 saturated heterocycles. The normalized spacial score (nSPS) is 12.9. The second kappa shape index (κ2) is 7.40. The van der Waals surface area contributed by atoms with Crippen LogP contribution in [0.4, 0.5) is 11.4 Å². The minimum Gasteiger partial charge on any atom is -0.384 e. The van der Waals surface area contributed by atoms with Crippen LogP contribution >= 0.6 is 0 Å². The van der Waals surface area contributed by atoms with E-state index in [1.54, 1.807) is 24.5 Å². The molecule has 5 N–H and O–H groups in total. The molecule has 1 aliphatic rings. The summed E-state index contributed by atoms with van der Waals surface area (Å²) < 4.78 is 0. The molecule has 28 heavy (non-hydrogen) atoms. The third kappa shape index (κ3) is 3.78. The van der Waals surface area contributed by atoms with Crippen molar-refractivity contribution in [1.29, 1.82) is 5.41 Å². The van der Waals surface area contributed by atoms with E-state index in [-0.39, 0.29) is 11.7 Å². The van der Waals surface area contributed by atoms with Gasteiger partial charge < -0.3 is 11.1 Å². The van der Waals surface area contributed by atoms with E-state index < -0.39 is 0 Å².